The van der Waals surface area contributed by atoms with Gasteiger partial charge in [-0.3, -0.25) is 4.79 Å². The third-order valence-electron chi connectivity index (χ3n) is 9.21. The fourth-order valence-electron chi connectivity index (χ4n) is 6.94. The van der Waals surface area contributed by atoms with Gasteiger partial charge in [0.2, 0.25) is 10.0 Å². The molecule has 234 valence electrons. The van der Waals surface area contributed by atoms with E-state index in [9.17, 15) is 17.6 Å². The zero-order valence-electron chi connectivity index (χ0n) is 24.9. The van der Waals surface area contributed by atoms with Crippen molar-refractivity contribution in [1.29, 1.82) is 0 Å². The number of piperazine rings is 1. The maximum absolute atomic E-state index is 14.1. The van der Waals surface area contributed by atoms with E-state index >= 15 is 0 Å². The highest BCUT2D eigenvalue weighted by atomic mass is 35.5. The number of hydrogen-bond donors (Lipinski definition) is 0. The van der Waals surface area contributed by atoms with Gasteiger partial charge in [-0.2, -0.15) is 4.31 Å². The minimum absolute atomic E-state index is 0.0141. The molecule has 0 N–H and O–H groups in total. The van der Waals surface area contributed by atoms with Crippen molar-refractivity contribution in [3.63, 3.8) is 0 Å². The predicted octanol–water partition coefficient (Wildman–Crippen LogP) is 5.83. The molecule has 3 saturated heterocycles. The second-order valence-corrected chi connectivity index (χ2v) is 14.2. The van der Waals surface area contributed by atoms with Crippen molar-refractivity contribution in [1.82, 2.24) is 9.21 Å². The van der Waals surface area contributed by atoms with Crippen LogP contribution in [0.1, 0.15) is 53.1 Å². The average Bonchev–Trinajstić information content (AvgIpc) is 3.28. The number of likely N-dealkylation sites (tertiary alicyclic amines) is 1. The zero-order chi connectivity index (χ0) is 31.0. The Labute approximate surface area is 263 Å². The number of methoxy groups -OCH3 is 1. The van der Waals surface area contributed by atoms with Crippen LogP contribution in [0, 0.1) is 12.7 Å². The van der Waals surface area contributed by atoms with Gasteiger partial charge in [0.15, 0.2) is 6.79 Å². The lowest BCUT2D eigenvalue weighted by molar-refractivity contribution is 0.0504. The van der Waals surface area contributed by atoms with Crippen LogP contribution < -0.4 is 9.64 Å². The largest absolute Gasteiger partial charge is 0.467 e. The number of carbonyl (C=O) groups is 1. The van der Waals surface area contributed by atoms with Crippen molar-refractivity contribution in [2.24, 2.45) is 0 Å². The number of piperidine rings is 1. The van der Waals surface area contributed by atoms with Gasteiger partial charge in [0.05, 0.1) is 15.5 Å². The number of hydrogen-bond acceptors (Lipinski definition) is 6. The van der Waals surface area contributed by atoms with Gasteiger partial charge in [0, 0.05) is 62.7 Å². The van der Waals surface area contributed by atoms with Crippen molar-refractivity contribution in [2.45, 2.75) is 55.5 Å². The summed E-state index contributed by atoms with van der Waals surface area (Å²) < 4.78 is 54.4. The molecule has 2 unspecified atom stereocenters. The van der Waals surface area contributed by atoms with Crippen LogP contribution in [-0.4, -0.2) is 75.7 Å². The SMILES string of the molecule is COCOc1cc(S(=O)(=O)N2CCC(c3ccccc3)CC2)cc(N2C3CCC2CN(C(=O)c2ccc(F)cc2Cl)C3)c1C. The van der Waals surface area contributed by atoms with E-state index in [1.807, 2.05) is 25.1 Å². The topological polar surface area (TPSA) is 79.4 Å². The molecule has 3 aliphatic heterocycles. The first-order valence-corrected chi connectivity index (χ1v) is 16.8. The van der Waals surface area contributed by atoms with E-state index in [1.165, 1.54) is 24.8 Å². The number of nitrogens with zero attached hydrogens (tertiary/aromatic N) is 3. The number of halogens is 2. The van der Waals surface area contributed by atoms with Gasteiger partial charge in [-0.25, -0.2) is 12.8 Å². The lowest BCUT2D eigenvalue weighted by Gasteiger charge is -2.43. The molecular weight excluding hydrogens is 605 g/mol. The Kier molecular flexibility index (Phi) is 8.88. The molecule has 3 aromatic rings. The lowest BCUT2D eigenvalue weighted by atomic mass is 9.90. The highest BCUT2D eigenvalue weighted by Crippen LogP contribution is 2.42. The second kappa shape index (κ2) is 12.7. The molecule has 3 fully saturated rings. The lowest BCUT2D eigenvalue weighted by Crippen LogP contribution is -2.55. The van der Waals surface area contributed by atoms with Crippen molar-refractivity contribution in [3.8, 4) is 5.75 Å². The molecule has 6 rings (SSSR count). The number of sulfonamides is 1. The maximum Gasteiger partial charge on any atom is 0.255 e. The van der Waals surface area contributed by atoms with E-state index in [4.69, 9.17) is 21.1 Å². The van der Waals surface area contributed by atoms with Gasteiger partial charge in [-0.05, 0) is 68.4 Å². The first-order valence-electron chi connectivity index (χ1n) is 15.0. The first kappa shape index (κ1) is 30.8. The fourth-order valence-corrected chi connectivity index (χ4v) is 8.69. The monoisotopic (exact) mass is 641 g/mol. The van der Waals surface area contributed by atoms with Gasteiger partial charge < -0.3 is 19.3 Å². The van der Waals surface area contributed by atoms with Crippen LogP contribution in [0.2, 0.25) is 5.02 Å². The van der Waals surface area contributed by atoms with E-state index in [0.717, 1.165) is 43.0 Å². The molecule has 0 saturated carbocycles. The molecule has 3 heterocycles. The van der Waals surface area contributed by atoms with Gasteiger partial charge in [-0.1, -0.05) is 41.9 Å². The summed E-state index contributed by atoms with van der Waals surface area (Å²) in [6.45, 7) is 3.69. The van der Waals surface area contributed by atoms with Crippen LogP contribution in [0.3, 0.4) is 0 Å². The first-order chi connectivity index (χ1) is 21.2. The number of anilines is 1. The molecule has 0 spiro atoms. The van der Waals surface area contributed by atoms with Gasteiger partial charge in [-0.15, -0.1) is 0 Å². The summed E-state index contributed by atoms with van der Waals surface area (Å²) in [6.07, 6.45) is 3.22. The summed E-state index contributed by atoms with van der Waals surface area (Å²) >= 11 is 6.22. The average molecular weight is 642 g/mol. The van der Waals surface area contributed by atoms with Crippen LogP contribution in [0.4, 0.5) is 10.1 Å². The molecule has 0 radical (unpaired) electrons. The fraction of sp³-hybridized carbons (Fsp3) is 0.424. The van der Waals surface area contributed by atoms with E-state index in [2.05, 4.69) is 17.0 Å². The van der Waals surface area contributed by atoms with Crippen molar-refractivity contribution < 1.29 is 27.1 Å². The molecule has 0 aliphatic carbocycles. The van der Waals surface area contributed by atoms with Crippen LogP contribution in [0.25, 0.3) is 0 Å². The molecule has 3 aliphatic rings. The predicted molar refractivity (Wildman–Crippen MR) is 167 cm³/mol. The molecule has 3 aromatic carbocycles. The second-order valence-electron chi connectivity index (χ2n) is 11.8. The summed E-state index contributed by atoms with van der Waals surface area (Å²) in [5.41, 5.74) is 3.13. The van der Waals surface area contributed by atoms with Gasteiger partial charge in [0.1, 0.15) is 11.6 Å². The highest BCUT2D eigenvalue weighted by Gasteiger charge is 2.43. The Morgan fingerprint density at radius 1 is 0.977 bits per heavy atom. The summed E-state index contributed by atoms with van der Waals surface area (Å²) in [7, 11) is -2.27. The third-order valence-corrected chi connectivity index (χ3v) is 11.4. The van der Waals surface area contributed by atoms with Crippen LogP contribution in [-0.2, 0) is 14.8 Å². The number of amides is 1. The summed E-state index contributed by atoms with van der Waals surface area (Å²) in [6, 6.07) is 17.4. The van der Waals surface area contributed by atoms with Crippen LogP contribution in [0.15, 0.2) is 65.6 Å². The Morgan fingerprint density at radius 2 is 1.66 bits per heavy atom. The van der Waals surface area contributed by atoms with Crippen molar-refractivity contribution >= 4 is 33.2 Å². The minimum Gasteiger partial charge on any atom is -0.467 e. The van der Waals surface area contributed by atoms with Gasteiger partial charge >= 0.3 is 0 Å². The molecule has 2 atom stereocenters. The number of fused-ring (bicyclic) bond motifs is 2. The summed E-state index contributed by atoms with van der Waals surface area (Å²) in [4.78, 5) is 17.6. The van der Waals surface area contributed by atoms with E-state index in [-0.39, 0.29) is 40.3 Å². The van der Waals surface area contributed by atoms with E-state index in [0.29, 0.717) is 37.8 Å². The number of carbonyl (C=O) groups excluding carboxylic acids is 1. The molecule has 2 bridgehead atoms. The van der Waals surface area contributed by atoms with E-state index < -0.39 is 15.8 Å². The molecule has 0 aromatic heterocycles. The van der Waals surface area contributed by atoms with Crippen LogP contribution in [0.5, 0.6) is 5.75 Å². The number of rotatable bonds is 8. The smallest absolute Gasteiger partial charge is 0.255 e. The zero-order valence-corrected chi connectivity index (χ0v) is 26.5. The van der Waals surface area contributed by atoms with E-state index in [1.54, 1.807) is 21.3 Å². The Hall–Kier alpha value is -3.18. The molecule has 8 nitrogen and oxygen atoms in total. The van der Waals surface area contributed by atoms with Gasteiger partial charge in [0.25, 0.3) is 5.91 Å². The summed E-state index contributed by atoms with van der Waals surface area (Å²) in [5, 5.41) is 0.0891. The molecule has 1 amide bonds. The van der Waals surface area contributed by atoms with Crippen molar-refractivity contribution in [3.05, 3.63) is 88.2 Å². The molecule has 11 heteroatoms. The number of benzene rings is 3. The molecular formula is C33H37ClFN3O5S. The quantitative estimate of drug-likeness (QED) is 0.288. The Bertz CT molecular complexity index is 1620. The minimum atomic E-state index is -3.80. The highest BCUT2D eigenvalue weighted by molar-refractivity contribution is 7.89. The molecule has 44 heavy (non-hydrogen) atoms. The third kappa shape index (κ3) is 5.92. The Balaban J connectivity index is 1.26. The number of ether oxygens (including phenoxy) is 2. The Morgan fingerprint density at radius 3 is 2.30 bits per heavy atom. The standard InChI is InChI=1S/C33H37ClFN3O5S/c1-22-31(38-26-9-10-27(38)20-36(19-26)33(39)29-11-8-25(35)16-30(29)34)17-28(18-32(22)43-21-42-2)44(40,41)37-14-12-24(13-15-37)23-6-4-3-5-7-23/h3-8,11,16-18,24,26-27H,9-10,12-15,19-21H2,1-2H3. The maximum atomic E-state index is 14.1. The summed E-state index contributed by atoms with van der Waals surface area (Å²) in [5.74, 6) is 0.0609. The normalized spacial score (nSPS) is 21.1. The van der Waals surface area contributed by atoms with Crippen LogP contribution >= 0.6 is 11.6 Å². The van der Waals surface area contributed by atoms with Crippen molar-refractivity contribution in [2.75, 3.05) is 45.0 Å².